The molecule has 1 amide bonds. The third-order valence-corrected chi connectivity index (χ3v) is 6.61. The number of imidazole rings is 1. The minimum absolute atomic E-state index is 0.0130. The van der Waals surface area contributed by atoms with Crippen LogP contribution in [0.4, 0.5) is 5.69 Å². The second kappa shape index (κ2) is 7.76. The molecule has 0 radical (unpaired) electrons. The molecule has 2 aromatic heterocycles. The summed E-state index contributed by atoms with van der Waals surface area (Å²) in [6.45, 7) is 9.44. The van der Waals surface area contributed by atoms with E-state index in [1.54, 1.807) is 0 Å². The summed E-state index contributed by atoms with van der Waals surface area (Å²) in [6, 6.07) is 5.59. The number of rotatable bonds is 4. The maximum atomic E-state index is 12.7. The molecule has 0 bridgehead atoms. The van der Waals surface area contributed by atoms with Gasteiger partial charge in [0.2, 0.25) is 5.91 Å². The lowest BCUT2D eigenvalue weighted by atomic mass is 9.76. The second-order valence-electron chi connectivity index (χ2n) is 9.50. The van der Waals surface area contributed by atoms with Gasteiger partial charge in [-0.25, -0.2) is 4.98 Å². The number of H-pyrrole nitrogens is 2. The lowest BCUT2D eigenvalue weighted by molar-refractivity contribution is -0.122. The number of carbonyl (C=O) groups excluding carboxylic acids is 1. The van der Waals surface area contributed by atoms with Crippen LogP contribution >= 0.6 is 0 Å². The smallest absolute Gasteiger partial charge is 0.241 e. The number of carbonyl (C=O) groups is 1. The molecule has 1 fully saturated rings. The van der Waals surface area contributed by atoms with E-state index in [1.165, 1.54) is 11.3 Å². The largest absolute Gasteiger partial charge is 0.379 e. The monoisotopic (exact) mass is 422 g/mol. The molecular weight excluding hydrogens is 392 g/mol. The van der Waals surface area contributed by atoms with Gasteiger partial charge in [-0.1, -0.05) is 13.8 Å². The molecular formula is C23H30N6O2. The van der Waals surface area contributed by atoms with E-state index in [4.69, 9.17) is 9.72 Å². The van der Waals surface area contributed by atoms with E-state index in [9.17, 15) is 4.79 Å². The highest BCUT2D eigenvalue weighted by Crippen LogP contribution is 2.37. The molecule has 3 aromatic rings. The Labute approximate surface area is 181 Å². The molecule has 1 saturated heterocycles. The first-order valence-electron chi connectivity index (χ1n) is 11.1. The van der Waals surface area contributed by atoms with Gasteiger partial charge in [-0.2, -0.15) is 5.10 Å². The number of nitrogens with one attached hydrogen (secondary N) is 3. The number of morpholine rings is 1. The van der Waals surface area contributed by atoms with Crippen molar-refractivity contribution in [2.75, 3.05) is 31.6 Å². The number of ether oxygens (including phenoxy) is 1. The molecule has 1 atom stereocenters. The number of hydrogen-bond acceptors (Lipinski definition) is 5. The fourth-order valence-corrected chi connectivity index (χ4v) is 4.62. The van der Waals surface area contributed by atoms with Crippen LogP contribution in [0.25, 0.3) is 22.6 Å². The highest BCUT2D eigenvalue weighted by Gasteiger charge is 2.30. The summed E-state index contributed by atoms with van der Waals surface area (Å²) in [5, 5.41) is 10.8. The van der Waals surface area contributed by atoms with Crippen molar-refractivity contribution in [3.05, 3.63) is 29.5 Å². The summed E-state index contributed by atoms with van der Waals surface area (Å²) in [6.07, 6.45) is 3.16. The van der Waals surface area contributed by atoms with Crippen LogP contribution in [-0.2, 0) is 22.4 Å². The minimum Gasteiger partial charge on any atom is -0.379 e. The Balaban J connectivity index is 1.35. The Hall–Kier alpha value is -2.71. The normalized spacial score (nSPS) is 19.8. The zero-order chi connectivity index (χ0) is 21.6. The summed E-state index contributed by atoms with van der Waals surface area (Å²) >= 11 is 0. The van der Waals surface area contributed by atoms with Crippen molar-refractivity contribution in [3.8, 4) is 11.5 Å². The van der Waals surface area contributed by atoms with Crippen LogP contribution in [-0.4, -0.2) is 63.3 Å². The number of fused-ring (bicyclic) bond motifs is 2. The lowest BCUT2D eigenvalue weighted by Gasteiger charge is -2.31. The summed E-state index contributed by atoms with van der Waals surface area (Å²) in [7, 11) is 0. The summed E-state index contributed by atoms with van der Waals surface area (Å²) in [5.74, 6) is 0.762. The van der Waals surface area contributed by atoms with Crippen molar-refractivity contribution in [1.29, 1.82) is 0 Å². The SMILES string of the molecule is C[C@@H](C(=O)Nc1ccc2[nH]c(-c3n[nH]c4c3CCC(C)(C)C4)nc2c1)N1CCOCC1. The van der Waals surface area contributed by atoms with Gasteiger partial charge in [0, 0.05) is 30.0 Å². The number of anilines is 1. The summed E-state index contributed by atoms with van der Waals surface area (Å²) in [5.41, 5.74) is 6.20. The van der Waals surface area contributed by atoms with E-state index in [1.807, 2.05) is 25.1 Å². The fourth-order valence-electron chi connectivity index (χ4n) is 4.62. The third kappa shape index (κ3) is 3.97. The lowest BCUT2D eigenvalue weighted by Crippen LogP contribution is -2.47. The van der Waals surface area contributed by atoms with Crippen molar-refractivity contribution in [2.24, 2.45) is 5.41 Å². The molecule has 8 heteroatoms. The van der Waals surface area contributed by atoms with E-state index in [2.05, 4.69) is 39.2 Å². The van der Waals surface area contributed by atoms with Gasteiger partial charge >= 0.3 is 0 Å². The van der Waals surface area contributed by atoms with Crippen LogP contribution in [0.2, 0.25) is 0 Å². The van der Waals surface area contributed by atoms with Crippen LogP contribution in [0.1, 0.15) is 38.4 Å². The Morgan fingerprint density at radius 2 is 2.10 bits per heavy atom. The molecule has 5 rings (SSSR count). The van der Waals surface area contributed by atoms with E-state index in [-0.39, 0.29) is 11.9 Å². The molecule has 0 spiro atoms. The number of hydrogen-bond donors (Lipinski definition) is 3. The molecule has 1 aromatic carbocycles. The molecule has 2 aliphatic rings. The number of benzene rings is 1. The summed E-state index contributed by atoms with van der Waals surface area (Å²) in [4.78, 5) is 23.0. The van der Waals surface area contributed by atoms with Gasteiger partial charge in [0.15, 0.2) is 5.82 Å². The van der Waals surface area contributed by atoms with Crippen molar-refractivity contribution in [1.82, 2.24) is 25.1 Å². The van der Waals surface area contributed by atoms with Gasteiger partial charge in [-0.3, -0.25) is 14.8 Å². The Morgan fingerprint density at radius 1 is 1.29 bits per heavy atom. The maximum Gasteiger partial charge on any atom is 0.241 e. The maximum absolute atomic E-state index is 12.7. The number of aromatic amines is 2. The highest BCUT2D eigenvalue weighted by atomic mass is 16.5. The quantitative estimate of drug-likeness (QED) is 0.600. The molecule has 8 nitrogen and oxygen atoms in total. The predicted molar refractivity (Wildman–Crippen MR) is 120 cm³/mol. The zero-order valence-corrected chi connectivity index (χ0v) is 18.4. The summed E-state index contributed by atoms with van der Waals surface area (Å²) < 4.78 is 5.38. The number of amides is 1. The van der Waals surface area contributed by atoms with E-state index < -0.39 is 0 Å². The molecule has 164 valence electrons. The fraction of sp³-hybridized carbons (Fsp3) is 0.522. The van der Waals surface area contributed by atoms with E-state index in [0.29, 0.717) is 18.6 Å². The van der Waals surface area contributed by atoms with Gasteiger partial charge in [0.1, 0.15) is 5.69 Å². The van der Waals surface area contributed by atoms with Crippen LogP contribution in [0.5, 0.6) is 0 Å². The van der Waals surface area contributed by atoms with Crippen LogP contribution in [0, 0.1) is 5.41 Å². The van der Waals surface area contributed by atoms with Crippen LogP contribution < -0.4 is 5.32 Å². The van der Waals surface area contributed by atoms with Gasteiger partial charge in [0.25, 0.3) is 0 Å². The first-order chi connectivity index (χ1) is 14.9. The molecule has 1 aliphatic carbocycles. The van der Waals surface area contributed by atoms with Gasteiger partial charge in [0.05, 0.1) is 30.3 Å². The average Bonchev–Trinajstić information content (AvgIpc) is 3.35. The number of aromatic nitrogens is 4. The highest BCUT2D eigenvalue weighted by molar-refractivity contribution is 5.96. The van der Waals surface area contributed by atoms with Crippen molar-refractivity contribution in [3.63, 3.8) is 0 Å². The first kappa shape index (κ1) is 20.2. The van der Waals surface area contributed by atoms with E-state index >= 15 is 0 Å². The molecule has 3 N–H and O–H groups in total. The van der Waals surface area contributed by atoms with Crippen molar-refractivity contribution >= 4 is 22.6 Å². The second-order valence-corrected chi connectivity index (χ2v) is 9.50. The standard InChI is InChI=1S/C23H30N6O2/c1-14(29-8-10-31-11-9-29)22(30)24-15-4-5-17-18(12-15)26-21(25-17)20-16-6-7-23(2,3)13-19(16)27-28-20/h4-5,12,14H,6-11,13H2,1-3H3,(H,24,30)(H,25,26)(H,27,28)/t14-/m0/s1. The number of nitrogens with zero attached hydrogens (tertiary/aromatic N) is 3. The third-order valence-electron chi connectivity index (χ3n) is 6.61. The van der Waals surface area contributed by atoms with Gasteiger partial charge < -0.3 is 15.0 Å². The Bertz CT molecular complexity index is 1110. The van der Waals surface area contributed by atoms with Crippen LogP contribution in [0.15, 0.2) is 18.2 Å². The topological polar surface area (TPSA) is 98.9 Å². The first-order valence-corrected chi connectivity index (χ1v) is 11.1. The molecule has 0 unspecified atom stereocenters. The average molecular weight is 423 g/mol. The Morgan fingerprint density at radius 3 is 2.90 bits per heavy atom. The predicted octanol–water partition coefficient (Wildman–Crippen LogP) is 3.13. The molecule has 3 heterocycles. The molecule has 31 heavy (non-hydrogen) atoms. The minimum atomic E-state index is -0.200. The van der Waals surface area contributed by atoms with E-state index in [0.717, 1.165) is 60.6 Å². The molecule has 0 saturated carbocycles. The van der Waals surface area contributed by atoms with Crippen molar-refractivity contribution < 1.29 is 9.53 Å². The Kier molecular flexibility index (Phi) is 5.06. The van der Waals surface area contributed by atoms with Gasteiger partial charge in [-0.15, -0.1) is 0 Å². The zero-order valence-electron chi connectivity index (χ0n) is 18.4. The van der Waals surface area contributed by atoms with Crippen LogP contribution in [0.3, 0.4) is 0 Å². The van der Waals surface area contributed by atoms with Gasteiger partial charge in [-0.05, 0) is 49.8 Å². The van der Waals surface area contributed by atoms with Crippen molar-refractivity contribution in [2.45, 2.75) is 46.1 Å². The molecule has 1 aliphatic heterocycles.